The van der Waals surface area contributed by atoms with Crippen LogP contribution in [0.1, 0.15) is 26.2 Å². The van der Waals surface area contributed by atoms with Crippen molar-refractivity contribution in [3.63, 3.8) is 0 Å². The van der Waals surface area contributed by atoms with Gasteiger partial charge in [0.2, 0.25) is 0 Å². The standard InChI is InChI=1S/C5H9ClO2.C3H6O2/c6-4-2-1-3-8-5(4)7;1-2-3(4)5/h4-5,7H,1-3H2;2H2,1H3,(H,4,5)/t4-,5-;/m1./s1. The number of rotatable bonds is 1. The fraction of sp³-hybridized carbons (Fsp3) is 0.875. The van der Waals surface area contributed by atoms with E-state index in [1.54, 1.807) is 6.92 Å². The van der Waals surface area contributed by atoms with Gasteiger partial charge in [0.15, 0.2) is 6.29 Å². The Morgan fingerprint density at radius 1 is 1.69 bits per heavy atom. The molecule has 0 saturated carbocycles. The van der Waals surface area contributed by atoms with Crippen LogP contribution in [-0.2, 0) is 9.53 Å². The third-order valence-corrected chi connectivity index (χ3v) is 1.96. The minimum Gasteiger partial charge on any atom is -0.481 e. The molecular weight excluding hydrogens is 196 g/mol. The van der Waals surface area contributed by atoms with Crippen LogP contribution < -0.4 is 0 Å². The number of aliphatic hydroxyl groups excluding tert-OH is 1. The predicted octanol–water partition coefficient (Wildman–Crippen LogP) is 1.20. The molecule has 0 aliphatic carbocycles. The number of carboxylic acids is 1. The quantitative estimate of drug-likeness (QED) is 0.639. The molecule has 0 aromatic carbocycles. The lowest BCUT2D eigenvalue weighted by Crippen LogP contribution is -2.29. The molecule has 0 bridgehead atoms. The molecule has 2 atom stereocenters. The zero-order valence-corrected chi connectivity index (χ0v) is 8.33. The maximum atomic E-state index is 9.37. The summed E-state index contributed by atoms with van der Waals surface area (Å²) in [6.07, 6.45) is 1.32. The Morgan fingerprint density at radius 2 is 2.23 bits per heavy atom. The second-order valence-corrected chi connectivity index (χ2v) is 3.23. The van der Waals surface area contributed by atoms with E-state index in [1.807, 2.05) is 0 Å². The Bertz CT molecular complexity index is 141. The van der Waals surface area contributed by atoms with Crippen LogP contribution in [0.15, 0.2) is 0 Å². The van der Waals surface area contributed by atoms with E-state index in [9.17, 15) is 4.79 Å². The number of aliphatic hydroxyl groups is 1. The van der Waals surface area contributed by atoms with Crippen LogP contribution >= 0.6 is 11.6 Å². The van der Waals surface area contributed by atoms with Crippen molar-refractivity contribution in [2.45, 2.75) is 37.9 Å². The fourth-order valence-corrected chi connectivity index (χ4v) is 0.956. The molecule has 1 heterocycles. The number of halogens is 1. The van der Waals surface area contributed by atoms with Crippen LogP contribution in [0.5, 0.6) is 0 Å². The van der Waals surface area contributed by atoms with Crippen LogP contribution in [0.2, 0.25) is 0 Å². The molecule has 0 spiro atoms. The Labute approximate surface area is 82.5 Å². The third kappa shape index (κ3) is 6.81. The smallest absolute Gasteiger partial charge is 0.303 e. The molecule has 1 aliphatic rings. The summed E-state index contributed by atoms with van der Waals surface area (Å²) in [6.45, 7) is 2.24. The highest BCUT2D eigenvalue weighted by Crippen LogP contribution is 2.16. The van der Waals surface area contributed by atoms with Crippen molar-refractivity contribution in [3.8, 4) is 0 Å². The van der Waals surface area contributed by atoms with Gasteiger partial charge in [-0.2, -0.15) is 0 Å². The summed E-state index contributed by atoms with van der Waals surface area (Å²) in [5, 5.41) is 16.4. The average Bonchev–Trinajstić information content (AvgIpc) is 2.11. The van der Waals surface area contributed by atoms with Crippen molar-refractivity contribution in [3.05, 3.63) is 0 Å². The van der Waals surface area contributed by atoms with Crippen molar-refractivity contribution in [1.82, 2.24) is 0 Å². The van der Waals surface area contributed by atoms with Gasteiger partial charge in [0, 0.05) is 13.0 Å². The molecule has 4 nitrogen and oxygen atoms in total. The van der Waals surface area contributed by atoms with E-state index in [1.165, 1.54) is 0 Å². The molecule has 0 aromatic heterocycles. The van der Waals surface area contributed by atoms with Crippen molar-refractivity contribution in [1.29, 1.82) is 0 Å². The Balaban J connectivity index is 0.000000252. The maximum absolute atomic E-state index is 9.37. The summed E-state index contributed by atoms with van der Waals surface area (Å²) in [6, 6.07) is 0. The summed E-state index contributed by atoms with van der Waals surface area (Å²) >= 11 is 5.59. The summed E-state index contributed by atoms with van der Waals surface area (Å²) in [5.41, 5.74) is 0. The molecule has 0 aromatic rings. The van der Waals surface area contributed by atoms with E-state index in [4.69, 9.17) is 26.6 Å². The number of alkyl halides is 1. The van der Waals surface area contributed by atoms with Gasteiger partial charge in [-0.15, -0.1) is 11.6 Å². The lowest BCUT2D eigenvalue weighted by atomic mass is 10.2. The monoisotopic (exact) mass is 210 g/mol. The molecule has 2 N–H and O–H groups in total. The highest BCUT2D eigenvalue weighted by atomic mass is 35.5. The lowest BCUT2D eigenvalue weighted by Gasteiger charge is -2.22. The summed E-state index contributed by atoms with van der Waals surface area (Å²) in [7, 11) is 0. The topological polar surface area (TPSA) is 66.8 Å². The minimum atomic E-state index is -0.745. The highest BCUT2D eigenvalue weighted by molar-refractivity contribution is 6.20. The van der Waals surface area contributed by atoms with Crippen molar-refractivity contribution in [2.75, 3.05) is 6.61 Å². The first-order chi connectivity index (χ1) is 6.07. The average molecular weight is 211 g/mol. The fourth-order valence-electron chi connectivity index (χ4n) is 0.729. The van der Waals surface area contributed by atoms with E-state index in [0.717, 1.165) is 12.8 Å². The number of hydrogen-bond acceptors (Lipinski definition) is 3. The third-order valence-electron chi connectivity index (χ3n) is 1.52. The van der Waals surface area contributed by atoms with Crippen molar-refractivity contribution < 1.29 is 19.7 Å². The van der Waals surface area contributed by atoms with Crippen LogP contribution in [0.25, 0.3) is 0 Å². The van der Waals surface area contributed by atoms with Crippen LogP contribution in [0.3, 0.4) is 0 Å². The first-order valence-electron chi connectivity index (χ1n) is 4.23. The zero-order valence-electron chi connectivity index (χ0n) is 7.57. The van der Waals surface area contributed by atoms with Gasteiger partial charge in [-0.05, 0) is 12.8 Å². The molecule has 1 saturated heterocycles. The van der Waals surface area contributed by atoms with Gasteiger partial charge >= 0.3 is 5.97 Å². The van der Waals surface area contributed by atoms with Gasteiger partial charge in [0.25, 0.3) is 0 Å². The van der Waals surface area contributed by atoms with E-state index in [2.05, 4.69) is 0 Å². The summed E-state index contributed by atoms with van der Waals surface area (Å²) < 4.78 is 4.81. The molecular formula is C8H15ClO4. The molecule has 1 aliphatic heterocycles. The summed E-state index contributed by atoms with van der Waals surface area (Å²) in [5.74, 6) is -0.745. The van der Waals surface area contributed by atoms with Crippen molar-refractivity contribution in [2.24, 2.45) is 0 Å². The lowest BCUT2D eigenvalue weighted by molar-refractivity contribution is -0.136. The van der Waals surface area contributed by atoms with Gasteiger partial charge < -0.3 is 14.9 Å². The number of carboxylic acid groups (broad SMARTS) is 1. The van der Waals surface area contributed by atoms with Gasteiger partial charge in [0.05, 0.1) is 5.38 Å². The Morgan fingerprint density at radius 3 is 2.46 bits per heavy atom. The zero-order chi connectivity index (χ0) is 10.3. The summed E-state index contributed by atoms with van der Waals surface area (Å²) in [4.78, 5) is 9.37. The number of hydrogen-bond donors (Lipinski definition) is 2. The Hall–Kier alpha value is -0.320. The van der Waals surface area contributed by atoms with Crippen LogP contribution in [-0.4, -0.2) is 34.5 Å². The predicted molar refractivity (Wildman–Crippen MR) is 48.8 cm³/mol. The SMILES string of the molecule is CCC(=O)O.O[C@@H]1OCCC[C@H]1Cl. The molecule has 1 fully saturated rings. The van der Waals surface area contributed by atoms with Crippen molar-refractivity contribution >= 4 is 17.6 Å². The molecule has 0 unspecified atom stereocenters. The van der Waals surface area contributed by atoms with E-state index in [0.29, 0.717) is 6.61 Å². The number of aliphatic carboxylic acids is 1. The molecule has 5 heteroatoms. The molecule has 1 rings (SSSR count). The maximum Gasteiger partial charge on any atom is 0.303 e. The number of ether oxygens (including phenoxy) is 1. The largest absolute Gasteiger partial charge is 0.481 e. The molecule has 0 amide bonds. The second-order valence-electron chi connectivity index (χ2n) is 2.67. The molecule has 78 valence electrons. The van der Waals surface area contributed by atoms with Crippen LogP contribution in [0, 0.1) is 0 Å². The van der Waals surface area contributed by atoms with Crippen LogP contribution in [0.4, 0.5) is 0 Å². The van der Waals surface area contributed by atoms with Gasteiger partial charge in [-0.25, -0.2) is 0 Å². The number of carbonyl (C=O) groups is 1. The van der Waals surface area contributed by atoms with Gasteiger partial charge in [-0.1, -0.05) is 6.92 Å². The van der Waals surface area contributed by atoms with Gasteiger partial charge in [-0.3, -0.25) is 4.79 Å². The van der Waals surface area contributed by atoms with E-state index in [-0.39, 0.29) is 11.8 Å². The Kier molecular flexibility index (Phi) is 6.94. The normalized spacial score (nSPS) is 27.3. The second kappa shape index (κ2) is 7.12. The van der Waals surface area contributed by atoms with Gasteiger partial charge in [0.1, 0.15) is 0 Å². The molecule has 0 radical (unpaired) electrons. The van der Waals surface area contributed by atoms with E-state index < -0.39 is 12.3 Å². The molecule has 13 heavy (non-hydrogen) atoms. The minimum absolute atomic E-state index is 0.191. The first-order valence-corrected chi connectivity index (χ1v) is 4.67. The first kappa shape index (κ1) is 12.7. The van der Waals surface area contributed by atoms with E-state index >= 15 is 0 Å². The highest BCUT2D eigenvalue weighted by Gasteiger charge is 2.20.